The van der Waals surface area contributed by atoms with Crippen LogP contribution in [0.2, 0.25) is 10.0 Å². The maximum atomic E-state index is 12.5. The second-order valence-electron chi connectivity index (χ2n) is 5.72. The summed E-state index contributed by atoms with van der Waals surface area (Å²) >= 11 is 12.2. The molecule has 1 amide bonds. The highest BCUT2D eigenvalue weighted by molar-refractivity contribution is 6.35. The minimum Gasteiger partial charge on any atom is -0.325 e. The van der Waals surface area contributed by atoms with Crippen LogP contribution in [0.3, 0.4) is 0 Å². The van der Waals surface area contributed by atoms with Gasteiger partial charge in [-0.3, -0.25) is 9.69 Å². The molecule has 5 heteroatoms. The van der Waals surface area contributed by atoms with Crippen molar-refractivity contribution < 1.29 is 4.79 Å². The Morgan fingerprint density at radius 2 is 1.96 bits per heavy atom. The molecule has 2 aromatic carbocycles. The summed E-state index contributed by atoms with van der Waals surface area (Å²) in [5, 5.41) is 4.26. The normalized spacial score (nSPS) is 18.1. The van der Waals surface area contributed by atoms with Gasteiger partial charge in [0.1, 0.15) is 0 Å². The van der Waals surface area contributed by atoms with Crippen molar-refractivity contribution in [2.45, 2.75) is 25.4 Å². The van der Waals surface area contributed by atoms with Crippen molar-refractivity contribution in [1.29, 1.82) is 0 Å². The van der Waals surface area contributed by atoms with Crippen LogP contribution >= 0.6 is 23.2 Å². The Balaban J connectivity index is 1.68. The molecule has 3 nitrogen and oxygen atoms in total. The van der Waals surface area contributed by atoms with Crippen LogP contribution in [0.25, 0.3) is 0 Å². The third kappa shape index (κ3) is 4.05. The van der Waals surface area contributed by atoms with Gasteiger partial charge in [-0.25, -0.2) is 0 Å². The van der Waals surface area contributed by atoms with Crippen LogP contribution in [0.1, 0.15) is 18.4 Å². The van der Waals surface area contributed by atoms with Crippen molar-refractivity contribution >= 4 is 34.8 Å². The molecule has 0 aliphatic carbocycles. The van der Waals surface area contributed by atoms with Crippen LogP contribution in [0.4, 0.5) is 5.69 Å². The largest absolute Gasteiger partial charge is 0.325 e. The number of carbonyl (C=O) groups excluding carboxylic acids is 1. The van der Waals surface area contributed by atoms with Gasteiger partial charge in [0.25, 0.3) is 0 Å². The molecule has 3 rings (SSSR count). The molecule has 0 aromatic heterocycles. The van der Waals surface area contributed by atoms with Crippen molar-refractivity contribution in [3.05, 3.63) is 64.1 Å². The Bertz CT molecular complexity index is 691. The average Bonchev–Trinajstić information content (AvgIpc) is 2.99. The molecule has 23 heavy (non-hydrogen) atoms. The molecule has 0 saturated carbocycles. The number of hydrogen-bond donors (Lipinski definition) is 1. The molecule has 1 saturated heterocycles. The van der Waals surface area contributed by atoms with Crippen LogP contribution in [-0.2, 0) is 11.3 Å². The highest BCUT2D eigenvalue weighted by atomic mass is 35.5. The van der Waals surface area contributed by atoms with E-state index < -0.39 is 0 Å². The number of halogens is 2. The number of likely N-dealkylation sites (tertiary alicyclic amines) is 1. The third-order valence-corrected chi connectivity index (χ3v) is 4.68. The number of nitrogens with one attached hydrogen (secondary N) is 1. The Hall–Kier alpha value is -1.55. The van der Waals surface area contributed by atoms with Crippen molar-refractivity contribution in [3.8, 4) is 0 Å². The van der Waals surface area contributed by atoms with E-state index in [4.69, 9.17) is 23.2 Å². The molecule has 120 valence electrons. The molecule has 1 heterocycles. The second-order valence-corrected chi connectivity index (χ2v) is 6.56. The lowest BCUT2D eigenvalue weighted by Crippen LogP contribution is -2.39. The van der Waals surface area contributed by atoms with Gasteiger partial charge in [-0.1, -0.05) is 47.5 Å². The van der Waals surface area contributed by atoms with E-state index in [9.17, 15) is 4.79 Å². The lowest BCUT2D eigenvalue weighted by atomic mass is 10.1. The minimum absolute atomic E-state index is 0.0405. The van der Waals surface area contributed by atoms with E-state index in [1.54, 1.807) is 6.07 Å². The molecule has 1 aliphatic rings. The van der Waals surface area contributed by atoms with Gasteiger partial charge in [-0.05, 0) is 49.2 Å². The number of amides is 1. The van der Waals surface area contributed by atoms with Crippen molar-refractivity contribution in [2.24, 2.45) is 0 Å². The van der Waals surface area contributed by atoms with Gasteiger partial charge in [-0.2, -0.15) is 0 Å². The van der Waals surface area contributed by atoms with E-state index in [-0.39, 0.29) is 11.9 Å². The highest BCUT2D eigenvalue weighted by Crippen LogP contribution is 2.26. The third-order valence-electron chi connectivity index (χ3n) is 4.10. The number of para-hydroxylation sites is 1. The number of carbonyl (C=O) groups is 1. The first-order valence-electron chi connectivity index (χ1n) is 7.67. The fourth-order valence-corrected chi connectivity index (χ4v) is 3.40. The van der Waals surface area contributed by atoms with Crippen LogP contribution in [0.5, 0.6) is 0 Å². The molecule has 0 spiro atoms. The summed E-state index contributed by atoms with van der Waals surface area (Å²) in [5.74, 6) is 0.0405. The van der Waals surface area contributed by atoms with E-state index >= 15 is 0 Å². The van der Waals surface area contributed by atoms with Crippen LogP contribution in [-0.4, -0.2) is 23.4 Å². The monoisotopic (exact) mass is 348 g/mol. The predicted octanol–water partition coefficient (Wildman–Crippen LogP) is 4.60. The summed E-state index contributed by atoms with van der Waals surface area (Å²) in [5.41, 5.74) is 1.82. The lowest BCUT2D eigenvalue weighted by Gasteiger charge is -2.24. The Labute approximate surface area is 146 Å². The van der Waals surface area contributed by atoms with Crippen molar-refractivity contribution in [2.75, 3.05) is 11.9 Å². The SMILES string of the molecule is O=C(Nc1ccccc1)C1CCCN1Cc1ccc(Cl)cc1Cl. The summed E-state index contributed by atoms with van der Waals surface area (Å²) in [6, 6.07) is 14.9. The summed E-state index contributed by atoms with van der Waals surface area (Å²) in [6.07, 6.45) is 1.88. The molecule has 0 bridgehead atoms. The van der Waals surface area contributed by atoms with Gasteiger partial charge in [-0.15, -0.1) is 0 Å². The van der Waals surface area contributed by atoms with E-state index in [2.05, 4.69) is 10.2 Å². The number of benzene rings is 2. The zero-order valence-corrected chi connectivity index (χ0v) is 14.1. The maximum absolute atomic E-state index is 12.5. The first-order valence-corrected chi connectivity index (χ1v) is 8.43. The fourth-order valence-electron chi connectivity index (χ4n) is 2.93. The molecule has 1 N–H and O–H groups in total. The smallest absolute Gasteiger partial charge is 0.241 e. The molecule has 1 fully saturated rings. The molecule has 1 unspecified atom stereocenters. The second kappa shape index (κ2) is 7.35. The van der Waals surface area contributed by atoms with E-state index in [0.717, 1.165) is 30.6 Å². The maximum Gasteiger partial charge on any atom is 0.241 e. The first-order chi connectivity index (χ1) is 11.1. The topological polar surface area (TPSA) is 32.3 Å². The quantitative estimate of drug-likeness (QED) is 0.875. The van der Waals surface area contributed by atoms with Crippen LogP contribution < -0.4 is 5.32 Å². The summed E-state index contributed by atoms with van der Waals surface area (Å²) in [7, 11) is 0. The van der Waals surface area contributed by atoms with Crippen LogP contribution in [0, 0.1) is 0 Å². The number of hydrogen-bond acceptors (Lipinski definition) is 2. The molecular formula is C18H18Cl2N2O. The van der Waals surface area contributed by atoms with Gasteiger partial charge >= 0.3 is 0 Å². The average molecular weight is 349 g/mol. The van der Waals surface area contributed by atoms with Crippen LogP contribution in [0.15, 0.2) is 48.5 Å². The van der Waals surface area contributed by atoms with Crippen molar-refractivity contribution in [3.63, 3.8) is 0 Å². The zero-order valence-electron chi connectivity index (χ0n) is 12.6. The van der Waals surface area contributed by atoms with Gasteiger partial charge in [0.15, 0.2) is 0 Å². The van der Waals surface area contributed by atoms with Gasteiger partial charge in [0.2, 0.25) is 5.91 Å². The number of nitrogens with zero attached hydrogens (tertiary/aromatic N) is 1. The molecule has 0 radical (unpaired) electrons. The Kier molecular flexibility index (Phi) is 5.21. The van der Waals surface area contributed by atoms with Crippen molar-refractivity contribution in [1.82, 2.24) is 4.90 Å². The lowest BCUT2D eigenvalue weighted by molar-refractivity contribution is -0.120. The summed E-state index contributed by atoms with van der Waals surface area (Å²) in [4.78, 5) is 14.7. The fraction of sp³-hybridized carbons (Fsp3) is 0.278. The molecule has 2 aromatic rings. The predicted molar refractivity (Wildman–Crippen MR) is 95.0 cm³/mol. The van der Waals surface area contributed by atoms with Gasteiger partial charge in [0.05, 0.1) is 6.04 Å². The van der Waals surface area contributed by atoms with E-state index in [0.29, 0.717) is 16.6 Å². The van der Waals surface area contributed by atoms with E-state index in [1.165, 1.54) is 0 Å². The Morgan fingerprint density at radius 1 is 1.17 bits per heavy atom. The van der Waals surface area contributed by atoms with E-state index in [1.807, 2.05) is 42.5 Å². The first kappa shape index (κ1) is 16.3. The molecule has 1 aliphatic heterocycles. The zero-order chi connectivity index (χ0) is 16.2. The molecule has 1 atom stereocenters. The summed E-state index contributed by atoms with van der Waals surface area (Å²) < 4.78 is 0. The standard InChI is InChI=1S/C18H18Cl2N2O/c19-14-9-8-13(16(20)11-14)12-22-10-4-7-17(22)18(23)21-15-5-2-1-3-6-15/h1-3,5-6,8-9,11,17H,4,7,10,12H2,(H,21,23). The number of anilines is 1. The summed E-state index contributed by atoms with van der Waals surface area (Å²) in [6.45, 7) is 1.55. The number of rotatable bonds is 4. The van der Waals surface area contributed by atoms with Gasteiger partial charge < -0.3 is 5.32 Å². The highest BCUT2D eigenvalue weighted by Gasteiger charge is 2.30. The molecular weight excluding hydrogens is 331 g/mol. The minimum atomic E-state index is -0.123. The van der Waals surface area contributed by atoms with Gasteiger partial charge in [0, 0.05) is 22.3 Å². The Morgan fingerprint density at radius 3 is 2.70 bits per heavy atom.